The van der Waals surface area contributed by atoms with Crippen LogP contribution < -0.4 is 4.90 Å². The number of hydrogen-bond donors (Lipinski definition) is 0. The molecular formula is C31H21ClFN3O4. The third-order valence-corrected chi connectivity index (χ3v) is 7.20. The lowest BCUT2D eigenvalue weighted by atomic mass is 10.1. The Kier molecular flexibility index (Phi) is 6.61. The Balaban J connectivity index is 1.31. The second-order valence-corrected chi connectivity index (χ2v) is 9.73. The molecule has 198 valence electrons. The van der Waals surface area contributed by atoms with Crippen molar-refractivity contribution in [3.8, 4) is 11.5 Å². The minimum absolute atomic E-state index is 0.0823. The van der Waals surface area contributed by atoms with Gasteiger partial charge in [-0.1, -0.05) is 54.1 Å². The zero-order valence-corrected chi connectivity index (χ0v) is 21.7. The first kappa shape index (κ1) is 25.5. The van der Waals surface area contributed by atoms with Crippen molar-refractivity contribution in [2.45, 2.75) is 19.0 Å². The van der Waals surface area contributed by atoms with Crippen molar-refractivity contribution in [1.82, 2.24) is 9.88 Å². The second kappa shape index (κ2) is 10.4. The zero-order valence-electron chi connectivity index (χ0n) is 21.0. The fraction of sp³-hybridized carbons (Fsp3) is 0.0968. The minimum Gasteiger partial charge on any atom is -0.436 e. The van der Waals surface area contributed by atoms with Gasteiger partial charge in [-0.05, 0) is 60.2 Å². The first-order chi connectivity index (χ1) is 19.4. The number of benzene rings is 4. The number of oxazole rings is 1. The van der Waals surface area contributed by atoms with E-state index in [0.717, 1.165) is 4.90 Å². The van der Waals surface area contributed by atoms with Crippen LogP contribution in [-0.4, -0.2) is 33.6 Å². The van der Waals surface area contributed by atoms with Gasteiger partial charge in [0.2, 0.25) is 11.8 Å². The highest BCUT2D eigenvalue weighted by Gasteiger charge is 2.45. The van der Waals surface area contributed by atoms with Gasteiger partial charge in [0.25, 0.3) is 11.8 Å². The number of carbonyl (C=O) groups is 3. The van der Waals surface area contributed by atoms with E-state index in [4.69, 9.17) is 16.0 Å². The van der Waals surface area contributed by atoms with E-state index in [1.54, 1.807) is 48.5 Å². The molecule has 1 saturated heterocycles. The van der Waals surface area contributed by atoms with Gasteiger partial charge in [0.15, 0.2) is 5.58 Å². The highest BCUT2D eigenvalue weighted by molar-refractivity contribution is 6.31. The van der Waals surface area contributed by atoms with Gasteiger partial charge in [-0.2, -0.15) is 0 Å². The van der Waals surface area contributed by atoms with Gasteiger partial charge in [0.05, 0.1) is 17.7 Å². The molecule has 40 heavy (non-hydrogen) atoms. The summed E-state index contributed by atoms with van der Waals surface area (Å²) in [6, 6.07) is 25.3. The van der Waals surface area contributed by atoms with E-state index in [1.807, 2.05) is 24.3 Å². The minimum atomic E-state index is -1.15. The van der Waals surface area contributed by atoms with Crippen LogP contribution in [-0.2, 0) is 16.1 Å². The van der Waals surface area contributed by atoms with Gasteiger partial charge in [0.1, 0.15) is 17.4 Å². The Morgan fingerprint density at radius 2 is 1.65 bits per heavy atom. The Bertz CT molecular complexity index is 1740. The quantitative estimate of drug-likeness (QED) is 0.232. The van der Waals surface area contributed by atoms with Crippen LogP contribution in [0, 0.1) is 5.82 Å². The molecule has 7 nitrogen and oxygen atoms in total. The van der Waals surface area contributed by atoms with Crippen LogP contribution in [0.25, 0.3) is 22.6 Å². The Morgan fingerprint density at radius 1 is 0.950 bits per heavy atom. The van der Waals surface area contributed by atoms with E-state index in [-0.39, 0.29) is 18.5 Å². The molecule has 6 rings (SSSR count). The van der Waals surface area contributed by atoms with Gasteiger partial charge >= 0.3 is 0 Å². The number of fused-ring (bicyclic) bond motifs is 1. The number of rotatable bonds is 6. The molecule has 3 amide bonds. The average molecular weight is 554 g/mol. The van der Waals surface area contributed by atoms with E-state index < -0.39 is 29.6 Å². The van der Waals surface area contributed by atoms with E-state index >= 15 is 0 Å². The topological polar surface area (TPSA) is 83.7 Å². The number of imide groups is 1. The fourth-order valence-corrected chi connectivity index (χ4v) is 5.00. The lowest BCUT2D eigenvalue weighted by Crippen LogP contribution is -2.45. The van der Waals surface area contributed by atoms with Gasteiger partial charge in [0, 0.05) is 17.1 Å². The molecule has 0 spiro atoms. The van der Waals surface area contributed by atoms with Crippen molar-refractivity contribution in [3.63, 3.8) is 0 Å². The average Bonchev–Trinajstić information content (AvgIpc) is 3.53. The monoisotopic (exact) mass is 553 g/mol. The number of aromatic nitrogens is 1. The predicted octanol–water partition coefficient (Wildman–Crippen LogP) is 6.26. The molecule has 0 bridgehead atoms. The summed E-state index contributed by atoms with van der Waals surface area (Å²) in [7, 11) is 0. The second-order valence-electron chi connectivity index (χ2n) is 9.33. The number of nitrogens with zero attached hydrogens (tertiary/aromatic N) is 3. The third-order valence-electron chi connectivity index (χ3n) is 6.83. The summed E-state index contributed by atoms with van der Waals surface area (Å²) in [5.74, 6) is -2.09. The molecule has 9 heteroatoms. The Morgan fingerprint density at radius 3 is 2.40 bits per heavy atom. The van der Waals surface area contributed by atoms with Crippen molar-refractivity contribution < 1.29 is 23.2 Å². The van der Waals surface area contributed by atoms with Crippen LogP contribution in [0.2, 0.25) is 5.02 Å². The van der Waals surface area contributed by atoms with Gasteiger partial charge in [-0.15, -0.1) is 0 Å². The van der Waals surface area contributed by atoms with E-state index in [0.29, 0.717) is 38.8 Å². The predicted molar refractivity (Wildman–Crippen MR) is 148 cm³/mol. The summed E-state index contributed by atoms with van der Waals surface area (Å²) in [6.07, 6.45) is -0.254. The first-order valence-corrected chi connectivity index (χ1v) is 12.9. The molecule has 1 aliphatic heterocycles. The van der Waals surface area contributed by atoms with Crippen molar-refractivity contribution in [1.29, 1.82) is 0 Å². The lowest BCUT2D eigenvalue weighted by Gasteiger charge is -2.28. The smallest absolute Gasteiger partial charge is 0.257 e. The molecule has 1 fully saturated rings. The lowest BCUT2D eigenvalue weighted by molar-refractivity contribution is -0.122. The van der Waals surface area contributed by atoms with Crippen LogP contribution in [0.3, 0.4) is 0 Å². The maximum Gasteiger partial charge on any atom is 0.257 e. The van der Waals surface area contributed by atoms with E-state index in [9.17, 15) is 18.8 Å². The number of hydrogen-bond acceptors (Lipinski definition) is 5. The number of halogens is 2. The molecule has 1 unspecified atom stereocenters. The number of para-hydroxylation sites is 2. The molecule has 4 aromatic carbocycles. The van der Waals surface area contributed by atoms with Crippen molar-refractivity contribution in [2.24, 2.45) is 0 Å². The normalized spacial score (nSPS) is 15.2. The molecule has 1 aromatic heterocycles. The highest BCUT2D eigenvalue weighted by atomic mass is 35.5. The number of anilines is 1. The Hall–Kier alpha value is -4.82. The van der Waals surface area contributed by atoms with E-state index in [1.165, 1.54) is 29.2 Å². The summed E-state index contributed by atoms with van der Waals surface area (Å²) >= 11 is 6.35. The first-order valence-electron chi connectivity index (χ1n) is 12.5. The SMILES string of the molecule is O=C1CC(N(Cc2ccccc2Cl)C(=O)c2ccccc2F)C(=O)N1c1ccc(-c2nc3ccccc3o2)cc1. The maximum atomic E-state index is 14.6. The summed E-state index contributed by atoms with van der Waals surface area (Å²) in [5, 5.41) is 0.386. The van der Waals surface area contributed by atoms with Gasteiger partial charge in [-0.25, -0.2) is 14.3 Å². The molecular weight excluding hydrogens is 533 g/mol. The molecule has 0 N–H and O–H groups in total. The molecule has 2 heterocycles. The fourth-order valence-electron chi connectivity index (χ4n) is 4.80. The standard InChI is InChI=1S/C31H21ClFN3O4/c32-23-9-3-1-7-20(23)18-35(30(38)22-8-2-4-10-24(22)33)26-17-28(37)36(31(26)39)21-15-13-19(14-16-21)29-34-25-11-5-6-12-27(25)40-29/h1-16,26H,17-18H2. The molecule has 0 radical (unpaired) electrons. The number of amides is 3. The zero-order chi connectivity index (χ0) is 27.8. The maximum absolute atomic E-state index is 14.6. The van der Waals surface area contributed by atoms with Crippen LogP contribution in [0.5, 0.6) is 0 Å². The highest BCUT2D eigenvalue weighted by Crippen LogP contribution is 2.31. The van der Waals surface area contributed by atoms with Gasteiger partial charge < -0.3 is 9.32 Å². The van der Waals surface area contributed by atoms with Crippen LogP contribution in [0.1, 0.15) is 22.3 Å². The third kappa shape index (κ3) is 4.63. The summed E-state index contributed by atoms with van der Waals surface area (Å²) in [5.41, 5.74) is 2.74. The van der Waals surface area contributed by atoms with Crippen LogP contribution in [0.4, 0.5) is 10.1 Å². The molecule has 5 aromatic rings. The Labute approximate surface area is 233 Å². The molecule has 0 aliphatic carbocycles. The van der Waals surface area contributed by atoms with Crippen LogP contribution >= 0.6 is 11.6 Å². The summed E-state index contributed by atoms with van der Waals surface area (Å²) in [6.45, 7) is -0.0823. The van der Waals surface area contributed by atoms with Crippen LogP contribution in [0.15, 0.2) is 101 Å². The van der Waals surface area contributed by atoms with Crippen molar-refractivity contribution >= 4 is 46.1 Å². The molecule has 1 aliphatic rings. The van der Waals surface area contributed by atoms with E-state index in [2.05, 4.69) is 4.98 Å². The number of carbonyl (C=O) groups excluding carboxylic acids is 3. The van der Waals surface area contributed by atoms with Gasteiger partial charge in [-0.3, -0.25) is 14.4 Å². The van der Waals surface area contributed by atoms with Crippen molar-refractivity contribution in [2.75, 3.05) is 4.90 Å². The molecule has 1 atom stereocenters. The summed E-state index contributed by atoms with van der Waals surface area (Å²) in [4.78, 5) is 47.2. The molecule has 0 saturated carbocycles. The van der Waals surface area contributed by atoms with Crippen molar-refractivity contribution in [3.05, 3.63) is 119 Å². The largest absolute Gasteiger partial charge is 0.436 e. The summed E-state index contributed by atoms with van der Waals surface area (Å²) < 4.78 is 20.4.